The zero-order valence-corrected chi connectivity index (χ0v) is 15.3. The highest BCUT2D eigenvalue weighted by molar-refractivity contribution is 5.94. The average molecular weight is 342 g/mol. The van der Waals surface area contributed by atoms with Crippen molar-refractivity contribution in [3.05, 3.63) is 41.5 Å². The van der Waals surface area contributed by atoms with Crippen LogP contribution in [-0.2, 0) is 20.9 Å². The van der Waals surface area contributed by atoms with Crippen molar-refractivity contribution in [2.24, 2.45) is 0 Å². The summed E-state index contributed by atoms with van der Waals surface area (Å²) >= 11 is 0. The number of benzene rings is 1. The third-order valence-corrected chi connectivity index (χ3v) is 3.38. The molecule has 1 unspecified atom stereocenters. The molecule has 1 aromatic rings. The van der Waals surface area contributed by atoms with E-state index < -0.39 is 12.0 Å². The predicted octanol–water partition coefficient (Wildman–Crippen LogP) is 2.22. The highest BCUT2D eigenvalue weighted by Crippen LogP contribution is 2.08. The molecule has 134 valence electrons. The molecule has 0 aliphatic carbocycles. The molecule has 5 nitrogen and oxygen atoms in total. The average Bonchev–Trinajstić information content (AvgIpc) is 2.59. The maximum absolute atomic E-state index is 11.8. The SMILES string of the molecule is CC#CCN(C)Cc1ccc(/C=C/C(=O)NC(C)C(=O)OCC)cc1. The van der Waals surface area contributed by atoms with Gasteiger partial charge in [-0.3, -0.25) is 9.69 Å². The molecule has 0 saturated carbocycles. The monoisotopic (exact) mass is 342 g/mol. The van der Waals surface area contributed by atoms with Crippen molar-refractivity contribution in [2.75, 3.05) is 20.2 Å². The Morgan fingerprint density at radius 3 is 2.60 bits per heavy atom. The van der Waals surface area contributed by atoms with Gasteiger partial charge in [-0.1, -0.05) is 30.2 Å². The van der Waals surface area contributed by atoms with Crippen molar-refractivity contribution in [1.29, 1.82) is 0 Å². The number of amides is 1. The normalized spacial score (nSPS) is 11.7. The second-order valence-corrected chi connectivity index (χ2v) is 5.66. The largest absolute Gasteiger partial charge is 0.464 e. The van der Waals surface area contributed by atoms with E-state index in [9.17, 15) is 9.59 Å². The van der Waals surface area contributed by atoms with Gasteiger partial charge < -0.3 is 10.1 Å². The molecule has 0 saturated heterocycles. The van der Waals surface area contributed by atoms with E-state index in [-0.39, 0.29) is 5.91 Å². The van der Waals surface area contributed by atoms with Crippen molar-refractivity contribution < 1.29 is 14.3 Å². The van der Waals surface area contributed by atoms with Gasteiger partial charge >= 0.3 is 5.97 Å². The van der Waals surface area contributed by atoms with Crippen LogP contribution in [0.3, 0.4) is 0 Å². The third kappa shape index (κ3) is 8.18. The van der Waals surface area contributed by atoms with Crippen LogP contribution in [0.1, 0.15) is 31.9 Å². The van der Waals surface area contributed by atoms with E-state index in [0.717, 1.165) is 18.7 Å². The molecule has 0 spiro atoms. The summed E-state index contributed by atoms with van der Waals surface area (Å²) in [5.41, 5.74) is 2.09. The number of rotatable bonds is 8. The molecule has 0 aliphatic heterocycles. The lowest BCUT2D eigenvalue weighted by Gasteiger charge is -2.13. The number of ether oxygens (including phenoxy) is 1. The van der Waals surface area contributed by atoms with Crippen LogP contribution in [0.25, 0.3) is 6.08 Å². The minimum Gasteiger partial charge on any atom is -0.464 e. The lowest BCUT2D eigenvalue weighted by molar-refractivity contribution is -0.146. The highest BCUT2D eigenvalue weighted by atomic mass is 16.5. The minimum atomic E-state index is -0.666. The molecule has 25 heavy (non-hydrogen) atoms. The number of nitrogens with zero attached hydrogens (tertiary/aromatic N) is 1. The molecular formula is C20H26N2O3. The van der Waals surface area contributed by atoms with Crippen LogP contribution >= 0.6 is 0 Å². The Morgan fingerprint density at radius 1 is 1.32 bits per heavy atom. The summed E-state index contributed by atoms with van der Waals surface area (Å²) in [6.07, 6.45) is 3.12. The zero-order chi connectivity index (χ0) is 18.7. The van der Waals surface area contributed by atoms with Gasteiger partial charge in [0.05, 0.1) is 13.2 Å². The van der Waals surface area contributed by atoms with Crippen LogP contribution in [0.2, 0.25) is 0 Å². The Bertz CT molecular complexity index is 654. The van der Waals surface area contributed by atoms with E-state index in [0.29, 0.717) is 6.61 Å². The smallest absolute Gasteiger partial charge is 0.328 e. The Morgan fingerprint density at radius 2 is 2.00 bits per heavy atom. The van der Waals surface area contributed by atoms with Gasteiger partial charge in [-0.15, -0.1) is 5.92 Å². The summed E-state index contributed by atoms with van der Waals surface area (Å²) in [5.74, 6) is 5.14. The Labute approximate surface area is 150 Å². The Kier molecular flexibility index (Phi) is 9.05. The van der Waals surface area contributed by atoms with E-state index in [2.05, 4.69) is 22.1 Å². The third-order valence-electron chi connectivity index (χ3n) is 3.38. The first-order chi connectivity index (χ1) is 12.0. The predicted molar refractivity (Wildman–Crippen MR) is 99.5 cm³/mol. The van der Waals surface area contributed by atoms with Gasteiger partial charge in [-0.2, -0.15) is 0 Å². The molecule has 0 aliphatic rings. The van der Waals surface area contributed by atoms with Crippen molar-refractivity contribution in [1.82, 2.24) is 10.2 Å². The van der Waals surface area contributed by atoms with Crippen LogP contribution in [0.4, 0.5) is 0 Å². The van der Waals surface area contributed by atoms with Crippen molar-refractivity contribution in [3.63, 3.8) is 0 Å². The van der Waals surface area contributed by atoms with Crippen LogP contribution < -0.4 is 5.32 Å². The molecule has 0 heterocycles. The van der Waals surface area contributed by atoms with E-state index >= 15 is 0 Å². The molecule has 1 N–H and O–H groups in total. The fraction of sp³-hybridized carbons (Fsp3) is 0.400. The summed E-state index contributed by atoms with van der Waals surface area (Å²) in [6, 6.07) is 7.28. The number of carbonyl (C=O) groups excluding carboxylic acids is 2. The van der Waals surface area contributed by atoms with Gasteiger partial charge in [0, 0.05) is 12.6 Å². The number of carbonyl (C=O) groups is 2. The first-order valence-electron chi connectivity index (χ1n) is 8.28. The maximum Gasteiger partial charge on any atom is 0.328 e. The van der Waals surface area contributed by atoms with Gasteiger partial charge in [-0.05, 0) is 45.0 Å². The number of hydrogen-bond acceptors (Lipinski definition) is 4. The summed E-state index contributed by atoms with van der Waals surface area (Å²) in [7, 11) is 2.02. The van der Waals surface area contributed by atoms with Crippen molar-refractivity contribution in [2.45, 2.75) is 33.4 Å². The lowest BCUT2D eigenvalue weighted by Crippen LogP contribution is -2.38. The first kappa shape index (κ1) is 20.5. The summed E-state index contributed by atoms with van der Waals surface area (Å²) in [6.45, 7) is 7.00. The lowest BCUT2D eigenvalue weighted by atomic mass is 10.1. The minimum absolute atomic E-state index is 0.293. The fourth-order valence-corrected chi connectivity index (χ4v) is 2.08. The second kappa shape index (κ2) is 11.1. The van der Waals surface area contributed by atoms with E-state index in [1.165, 1.54) is 11.6 Å². The van der Waals surface area contributed by atoms with Crippen LogP contribution in [-0.4, -0.2) is 43.0 Å². The van der Waals surface area contributed by atoms with Gasteiger partial charge in [0.25, 0.3) is 0 Å². The molecule has 1 rings (SSSR count). The van der Waals surface area contributed by atoms with Gasteiger partial charge in [-0.25, -0.2) is 4.79 Å². The van der Waals surface area contributed by atoms with Gasteiger partial charge in [0.15, 0.2) is 0 Å². The fourth-order valence-electron chi connectivity index (χ4n) is 2.08. The zero-order valence-electron chi connectivity index (χ0n) is 15.3. The molecule has 1 atom stereocenters. The molecule has 0 bridgehead atoms. The molecule has 0 radical (unpaired) electrons. The second-order valence-electron chi connectivity index (χ2n) is 5.66. The first-order valence-corrected chi connectivity index (χ1v) is 8.28. The Balaban J connectivity index is 2.53. The Hall–Kier alpha value is -2.58. The summed E-state index contributed by atoms with van der Waals surface area (Å²) < 4.78 is 4.85. The van der Waals surface area contributed by atoms with Crippen LogP contribution in [0.15, 0.2) is 30.3 Å². The molecule has 0 fully saturated rings. The van der Waals surface area contributed by atoms with Crippen LogP contribution in [0, 0.1) is 11.8 Å². The quantitative estimate of drug-likeness (QED) is 0.447. The number of nitrogens with one attached hydrogen (secondary N) is 1. The van der Waals surface area contributed by atoms with E-state index in [1.807, 2.05) is 38.2 Å². The summed E-state index contributed by atoms with van der Waals surface area (Å²) in [4.78, 5) is 25.4. The molecule has 1 aromatic carbocycles. The van der Waals surface area contributed by atoms with Crippen molar-refractivity contribution in [3.8, 4) is 11.8 Å². The van der Waals surface area contributed by atoms with E-state index in [1.54, 1.807) is 19.9 Å². The number of esters is 1. The van der Waals surface area contributed by atoms with Gasteiger partial charge in [0.2, 0.25) is 5.91 Å². The molecule has 1 amide bonds. The topological polar surface area (TPSA) is 58.6 Å². The molecule has 0 aromatic heterocycles. The standard InChI is InChI=1S/C20H26N2O3/c1-5-7-14-22(4)15-18-10-8-17(9-11-18)12-13-19(23)21-16(3)20(24)25-6-2/h8-13,16H,6,14-15H2,1-4H3,(H,21,23)/b13-12+. The molecular weight excluding hydrogens is 316 g/mol. The van der Waals surface area contributed by atoms with E-state index in [4.69, 9.17) is 4.74 Å². The van der Waals surface area contributed by atoms with Gasteiger partial charge in [0.1, 0.15) is 6.04 Å². The molecule has 5 heteroatoms. The number of hydrogen-bond donors (Lipinski definition) is 1. The van der Waals surface area contributed by atoms with Crippen molar-refractivity contribution >= 4 is 18.0 Å². The highest BCUT2D eigenvalue weighted by Gasteiger charge is 2.14. The maximum atomic E-state index is 11.8. The van der Waals surface area contributed by atoms with Crippen LogP contribution in [0.5, 0.6) is 0 Å². The summed E-state index contributed by atoms with van der Waals surface area (Å²) in [5, 5.41) is 2.57.